The zero-order valence-corrected chi connectivity index (χ0v) is 23.2. The summed E-state index contributed by atoms with van der Waals surface area (Å²) in [6.07, 6.45) is 1.97. The van der Waals surface area contributed by atoms with E-state index in [1.807, 2.05) is 73.7 Å². The summed E-state index contributed by atoms with van der Waals surface area (Å²) < 4.78 is 16.7. The quantitative estimate of drug-likeness (QED) is 0.257. The number of para-hydroxylation sites is 1. The first kappa shape index (κ1) is 27.3. The van der Waals surface area contributed by atoms with Crippen LogP contribution in [0.4, 0.5) is 0 Å². The molecule has 6 nitrogen and oxygen atoms in total. The van der Waals surface area contributed by atoms with Crippen LogP contribution in [0.5, 0.6) is 11.5 Å². The van der Waals surface area contributed by atoms with Crippen LogP contribution < -0.4 is 14.8 Å². The molecule has 40 heavy (non-hydrogen) atoms. The fourth-order valence-corrected chi connectivity index (χ4v) is 5.59. The topological polar surface area (TPSA) is 73.9 Å². The van der Waals surface area contributed by atoms with Gasteiger partial charge in [0.15, 0.2) is 5.78 Å². The van der Waals surface area contributed by atoms with Crippen molar-refractivity contribution >= 4 is 11.8 Å². The van der Waals surface area contributed by atoms with E-state index in [1.165, 1.54) is 5.56 Å². The van der Waals surface area contributed by atoms with Crippen LogP contribution in [0.3, 0.4) is 0 Å². The number of benzene rings is 3. The lowest BCUT2D eigenvalue weighted by molar-refractivity contribution is -0.140. The average molecular weight is 538 g/mol. The third kappa shape index (κ3) is 5.81. The van der Waals surface area contributed by atoms with Gasteiger partial charge >= 0.3 is 5.97 Å². The molecule has 3 aromatic carbocycles. The Kier molecular flexibility index (Phi) is 8.34. The van der Waals surface area contributed by atoms with Gasteiger partial charge in [0.2, 0.25) is 0 Å². The smallest absolute Gasteiger partial charge is 0.336 e. The number of carbonyl (C=O) groups is 2. The Hall–Kier alpha value is -4.32. The van der Waals surface area contributed by atoms with Crippen molar-refractivity contribution in [3.63, 3.8) is 0 Å². The second-order valence-electron chi connectivity index (χ2n) is 10.2. The summed E-state index contributed by atoms with van der Waals surface area (Å²) in [5.41, 5.74) is 5.92. The molecule has 2 unspecified atom stereocenters. The number of Topliss-reactive ketones (excluding diaryl/α,β-unsaturated/α-hetero) is 1. The van der Waals surface area contributed by atoms with Gasteiger partial charge in [0.1, 0.15) is 24.7 Å². The van der Waals surface area contributed by atoms with E-state index >= 15 is 0 Å². The maximum atomic E-state index is 13.8. The number of aryl methyl sites for hydroxylation is 1. The lowest BCUT2D eigenvalue weighted by Crippen LogP contribution is -2.36. The van der Waals surface area contributed by atoms with E-state index in [-0.39, 0.29) is 24.9 Å². The number of hydrogen-bond donors (Lipinski definition) is 1. The molecule has 206 valence electrons. The molecule has 2 aliphatic rings. The first-order valence-electron chi connectivity index (χ1n) is 13.8. The largest absolute Gasteiger partial charge is 0.497 e. The summed E-state index contributed by atoms with van der Waals surface area (Å²) in [7, 11) is 1.64. The first-order chi connectivity index (χ1) is 19.5. The van der Waals surface area contributed by atoms with Crippen LogP contribution in [-0.4, -0.2) is 32.1 Å². The number of ether oxygens (including phenoxy) is 3. The number of dihydropyridines is 1. The van der Waals surface area contributed by atoms with Crippen LogP contribution in [0.2, 0.25) is 0 Å². The number of rotatable bonds is 9. The average Bonchev–Trinajstić information content (AvgIpc) is 2.99. The molecule has 0 amide bonds. The van der Waals surface area contributed by atoms with E-state index in [9.17, 15) is 9.59 Å². The van der Waals surface area contributed by atoms with Crippen molar-refractivity contribution in [2.45, 2.75) is 44.9 Å². The zero-order chi connectivity index (χ0) is 28.1. The summed E-state index contributed by atoms with van der Waals surface area (Å²) >= 11 is 0. The Morgan fingerprint density at radius 2 is 1.57 bits per heavy atom. The monoisotopic (exact) mass is 537 g/mol. The van der Waals surface area contributed by atoms with E-state index in [1.54, 1.807) is 7.11 Å². The van der Waals surface area contributed by atoms with Crippen LogP contribution in [0.15, 0.2) is 101 Å². The number of hydrogen-bond acceptors (Lipinski definition) is 6. The number of carbonyl (C=O) groups excluding carboxylic acids is 2. The molecule has 5 rings (SSSR count). The third-order valence-electron chi connectivity index (χ3n) is 7.68. The predicted octanol–water partition coefficient (Wildman–Crippen LogP) is 6.24. The minimum absolute atomic E-state index is 0.0456. The Balaban J connectivity index is 1.41. The fourth-order valence-electron chi connectivity index (χ4n) is 5.59. The number of esters is 1. The standard InChI is InChI=1S/C34H35NO5/c1-4-23-10-12-25(13-11-23)32-31(34(37)40-19-18-39-28-8-6-5-7-9-28)22(2)35-29-20-26(21-30(36)33(29)32)24-14-16-27(38-3)17-15-24/h5-17,26,32,35H,4,18-21H2,1-3H3. The summed E-state index contributed by atoms with van der Waals surface area (Å²) in [5, 5.41) is 3.42. The van der Waals surface area contributed by atoms with Crippen molar-refractivity contribution in [1.82, 2.24) is 5.32 Å². The zero-order valence-electron chi connectivity index (χ0n) is 23.2. The number of ketones is 1. The van der Waals surface area contributed by atoms with Gasteiger partial charge in [-0.3, -0.25) is 4.79 Å². The molecule has 0 saturated carbocycles. The van der Waals surface area contributed by atoms with Gasteiger partial charge in [-0.05, 0) is 66.6 Å². The molecule has 0 spiro atoms. The second kappa shape index (κ2) is 12.2. The number of allylic oxidation sites excluding steroid dienone is 3. The van der Waals surface area contributed by atoms with Crippen molar-refractivity contribution in [2.24, 2.45) is 0 Å². The van der Waals surface area contributed by atoms with Crippen LogP contribution in [0.1, 0.15) is 55.2 Å². The molecule has 0 aromatic heterocycles. The number of methoxy groups -OCH3 is 1. The van der Waals surface area contributed by atoms with Gasteiger partial charge in [-0.15, -0.1) is 0 Å². The van der Waals surface area contributed by atoms with E-state index in [4.69, 9.17) is 14.2 Å². The van der Waals surface area contributed by atoms with E-state index < -0.39 is 11.9 Å². The van der Waals surface area contributed by atoms with Crippen LogP contribution in [-0.2, 0) is 20.7 Å². The molecule has 0 radical (unpaired) electrons. The Morgan fingerprint density at radius 1 is 0.875 bits per heavy atom. The molecular weight excluding hydrogens is 502 g/mol. The van der Waals surface area contributed by atoms with Crippen LogP contribution in [0, 0.1) is 0 Å². The fraction of sp³-hybridized carbons (Fsp3) is 0.294. The van der Waals surface area contributed by atoms with Crippen molar-refractivity contribution < 1.29 is 23.8 Å². The summed E-state index contributed by atoms with van der Waals surface area (Å²) in [5.74, 6) is 0.662. The molecule has 0 saturated heterocycles. The molecule has 1 aliphatic carbocycles. The molecule has 1 aliphatic heterocycles. The van der Waals surface area contributed by atoms with Gasteiger partial charge in [0, 0.05) is 29.3 Å². The van der Waals surface area contributed by atoms with Crippen molar-refractivity contribution in [3.05, 3.63) is 118 Å². The van der Waals surface area contributed by atoms with Crippen molar-refractivity contribution in [1.29, 1.82) is 0 Å². The predicted molar refractivity (Wildman–Crippen MR) is 154 cm³/mol. The van der Waals surface area contributed by atoms with E-state index in [0.717, 1.165) is 34.7 Å². The van der Waals surface area contributed by atoms with Gasteiger partial charge in [0.05, 0.1) is 12.7 Å². The van der Waals surface area contributed by atoms with E-state index in [0.29, 0.717) is 29.7 Å². The van der Waals surface area contributed by atoms with E-state index in [2.05, 4.69) is 24.4 Å². The normalized spacial score (nSPS) is 18.6. The Bertz CT molecular complexity index is 1420. The Morgan fingerprint density at radius 3 is 2.25 bits per heavy atom. The highest BCUT2D eigenvalue weighted by Crippen LogP contribution is 2.45. The van der Waals surface area contributed by atoms with Crippen molar-refractivity contribution in [2.75, 3.05) is 20.3 Å². The third-order valence-corrected chi connectivity index (χ3v) is 7.68. The first-order valence-corrected chi connectivity index (χ1v) is 13.8. The highest BCUT2D eigenvalue weighted by Gasteiger charge is 2.41. The summed E-state index contributed by atoms with van der Waals surface area (Å²) in [6, 6.07) is 25.5. The molecule has 3 aromatic rings. The van der Waals surface area contributed by atoms with Crippen LogP contribution >= 0.6 is 0 Å². The summed E-state index contributed by atoms with van der Waals surface area (Å²) in [6.45, 7) is 4.33. The molecule has 0 bridgehead atoms. The molecule has 6 heteroatoms. The molecular formula is C34H35NO5. The highest BCUT2D eigenvalue weighted by atomic mass is 16.6. The lowest BCUT2D eigenvalue weighted by Gasteiger charge is -2.36. The Labute approximate surface area is 235 Å². The number of nitrogens with one attached hydrogen (secondary N) is 1. The van der Waals surface area contributed by atoms with Gasteiger partial charge in [-0.2, -0.15) is 0 Å². The minimum atomic E-state index is -0.492. The second-order valence-corrected chi connectivity index (χ2v) is 10.2. The molecule has 1 N–H and O–H groups in total. The summed E-state index contributed by atoms with van der Waals surface area (Å²) in [4.78, 5) is 27.3. The minimum Gasteiger partial charge on any atom is -0.497 e. The van der Waals surface area contributed by atoms with Gasteiger partial charge in [0.25, 0.3) is 0 Å². The van der Waals surface area contributed by atoms with Crippen molar-refractivity contribution in [3.8, 4) is 11.5 Å². The lowest BCUT2D eigenvalue weighted by atomic mass is 9.71. The van der Waals surface area contributed by atoms with Gasteiger partial charge in [-0.1, -0.05) is 61.5 Å². The maximum Gasteiger partial charge on any atom is 0.336 e. The van der Waals surface area contributed by atoms with Gasteiger partial charge in [-0.25, -0.2) is 4.79 Å². The molecule has 1 heterocycles. The SMILES string of the molecule is CCc1ccc(C2C(C(=O)OCCOc3ccccc3)=C(C)NC3=C2C(=O)CC(c2ccc(OC)cc2)C3)cc1. The van der Waals surface area contributed by atoms with Crippen LogP contribution in [0.25, 0.3) is 0 Å². The molecule has 2 atom stereocenters. The molecule has 0 fully saturated rings. The van der Waals surface area contributed by atoms with Gasteiger partial charge < -0.3 is 19.5 Å². The maximum absolute atomic E-state index is 13.8. The highest BCUT2D eigenvalue weighted by molar-refractivity contribution is 6.04.